The minimum atomic E-state index is -3.74. The Morgan fingerprint density at radius 1 is 1.16 bits per heavy atom. The van der Waals surface area contributed by atoms with Crippen molar-refractivity contribution in [3.63, 3.8) is 0 Å². The number of hydrogen-bond acceptors (Lipinski definition) is 4. The van der Waals surface area contributed by atoms with Gasteiger partial charge < -0.3 is 4.42 Å². The van der Waals surface area contributed by atoms with Gasteiger partial charge in [-0.3, -0.25) is 8.87 Å². The Morgan fingerprint density at radius 3 is 2.72 bits per heavy atom. The van der Waals surface area contributed by atoms with Crippen LogP contribution in [0, 0.1) is 5.92 Å². The summed E-state index contributed by atoms with van der Waals surface area (Å²) in [5.74, 6) is -0.287. The number of anilines is 1. The van der Waals surface area contributed by atoms with Crippen LogP contribution in [0.4, 0.5) is 5.69 Å². The molecule has 0 fully saturated rings. The second-order valence-corrected chi connectivity index (χ2v) is 8.39. The molecule has 0 aliphatic carbocycles. The van der Waals surface area contributed by atoms with Gasteiger partial charge in [0.2, 0.25) is 0 Å². The number of hydrogen-bond donors (Lipinski definition) is 0. The molecular weight excluding hydrogens is 340 g/mol. The second-order valence-electron chi connectivity index (χ2n) is 6.53. The normalized spacial score (nSPS) is 17.7. The lowest BCUT2D eigenvalue weighted by atomic mass is 9.96. The minimum absolute atomic E-state index is 0.123. The number of aryl methyl sites for hydroxylation is 1. The first-order valence-corrected chi connectivity index (χ1v) is 9.52. The minimum Gasteiger partial charge on any atom is -0.408 e. The van der Waals surface area contributed by atoms with Gasteiger partial charge in [-0.15, -0.1) is 0 Å². The summed E-state index contributed by atoms with van der Waals surface area (Å²) >= 11 is 0. The molecule has 0 spiro atoms. The molecule has 3 aromatic rings. The first-order chi connectivity index (χ1) is 11.9. The molecule has 1 aliphatic rings. The van der Waals surface area contributed by atoms with Gasteiger partial charge >= 0.3 is 5.76 Å². The number of nitrogens with zero attached hydrogens (tertiary/aromatic N) is 2. The van der Waals surface area contributed by atoms with Gasteiger partial charge in [0.05, 0.1) is 16.1 Å². The molecule has 0 amide bonds. The summed E-state index contributed by atoms with van der Waals surface area (Å²) in [6.45, 7) is 2.47. The van der Waals surface area contributed by atoms with E-state index < -0.39 is 15.8 Å². The molecule has 1 unspecified atom stereocenters. The lowest BCUT2D eigenvalue weighted by molar-refractivity contribution is 0.526. The average molecular weight is 358 g/mol. The lowest BCUT2D eigenvalue weighted by Gasteiger charge is -2.33. The molecule has 25 heavy (non-hydrogen) atoms. The maximum atomic E-state index is 13.2. The molecule has 2 heterocycles. The van der Waals surface area contributed by atoms with Gasteiger partial charge in [0.25, 0.3) is 10.0 Å². The van der Waals surface area contributed by atoms with Crippen molar-refractivity contribution in [1.29, 1.82) is 0 Å². The first-order valence-electron chi connectivity index (χ1n) is 8.08. The fourth-order valence-corrected chi connectivity index (χ4v) is 5.02. The van der Waals surface area contributed by atoms with Crippen LogP contribution in [-0.4, -0.2) is 19.5 Å². The Kier molecular flexibility index (Phi) is 3.50. The monoisotopic (exact) mass is 358 g/mol. The maximum absolute atomic E-state index is 13.2. The Bertz CT molecular complexity index is 1130. The lowest BCUT2D eigenvalue weighted by Crippen LogP contribution is -2.39. The predicted octanol–water partition coefficient (Wildman–Crippen LogP) is 2.52. The third-order valence-electron chi connectivity index (χ3n) is 4.66. The molecule has 0 saturated carbocycles. The molecular formula is C18H18N2O4S. The Morgan fingerprint density at radius 2 is 1.92 bits per heavy atom. The molecule has 4 rings (SSSR count). The highest BCUT2D eigenvalue weighted by molar-refractivity contribution is 7.92. The van der Waals surface area contributed by atoms with E-state index in [-0.39, 0.29) is 16.4 Å². The molecule has 0 bridgehead atoms. The number of aromatic nitrogens is 1. The van der Waals surface area contributed by atoms with Gasteiger partial charge in [-0.25, -0.2) is 13.2 Å². The van der Waals surface area contributed by atoms with E-state index in [1.165, 1.54) is 21.0 Å². The molecule has 1 aromatic heterocycles. The topological polar surface area (TPSA) is 72.5 Å². The smallest absolute Gasteiger partial charge is 0.408 e. The molecule has 0 N–H and O–H groups in total. The van der Waals surface area contributed by atoms with E-state index in [1.54, 1.807) is 13.1 Å². The highest BCUT2D eigenvalue weighted by atomic mass is 32.2. The van der Waals surface area contributed by atoms with Crippen molar-refractivity contribution >= 4 is 26.8 Å². The number of fused-ring (bicyclic) bond motifs is 2. The van der Waals surface area contributed by atoms with Gasteiger partial charge in [0, 0.05) is 19.7 Å². The van der Waals surface area contributed by atoms with Gasteiger partial charge in [-0.1, -0.05) is 25.1 Å². The van der Waals surface area contributed by atoms with Crippen LogP contribution in [0.15, 0.2) is 56.6 Å². The molecule has 0 radical (unpaired) electrons. The van der Waals surface area contributed by atoms with E-state index in [9.17, 15) is 13.2 Å². The van der Waals surface area contributed by atoms with Gasteiger partial charge in [0.15, 0.2) is 5.58 Å². The third-order valence-corrected chi connectivity index (χ3v) is 6.43. The summed E-state index contributed by atoms with van der Waals surface area (Å²) in [4.78, 5) is 11.8. The summed E-state index contributed by atoms with van der Waals surface area (Å²) in [7, 11) is -2.15. The van der Waals surface area contributed by atoms with Crippen LogP contribution in [0.2, 0.25) is 0 Å². The fourth-order valence-electron chi connectivity index (χ4n) is 3.38. The van der Waals surface area contributed by atoms with Crippen LogP contribution in [-0.2, 0) is 23.5 Å². The summed E-state index contributed by atoms with van der Waals surface area (Å²) in [5, 5.41) is 0. The highest BCUT2D eigenvalue weighted by Gasteiger charge is 2.32. The highest BCUT2D eigenvalue weighted by Crippen LogP contribution is 2.34. The molecule has 2 aromatic carbocycles. The zero-order valence-electron chi connectivity index (χ0n) is 14.0. The number of para-hydroxylation sites is 1. The van der Waals surface area contributed by atoms with Crippen molar-refractivity contribution in [2.24, 2.45) is 13.0 Å². The third kappa shape index (κ3) is 2.46. The molecule has 130 valence electrons. The Labute approximate surface area is 145 Å². The summed E-state index contributed by atoms with van der Waals surface area (Å²) in [6, 6.07) is 12.1. The zero-order chi connectivity index (χ0) is 17.8. The van der Waals surface area contributed by atoms with E-state index in [1.807, 2.05) is 31.2 Å². The maximum Gasteiger partial charge on any atom is 0.419 e. The summed E-state index contributed by atoms with van der Waals surface area (Å²) in [5.41, 5.74) is 2.58. The van der Waals surface area contributed by atoms with E-state index in [2.05, 4.69) is 0 Å². The molecule has 1 aliphatic heterocycles. The van der Waals surface area contributed by atoms with Crippen molar-refractivity contribution < 1.29 is 12.8 Å². The van der Waals surface area contributed by atoms with Crippen molar-refractivity contribution in [3.8, 4) is 0 Å². The molecule has 6 nitrogen and oxygen atoms in total. The van der Waals surface area contributed by atoms with E-state index >= 15 is 0 Å². The Hall–Kier alpha value is -2.54. The van der Waals surface area contributed by atoms with Crippen LogP contribution < -0.4 is 10.1 Å². The number of benzene rings is 2. The van der Waals surface area contributed by atoms with Gasteiger partial charge in [-0.2, -0.15) is 0 Å². The average Bonchev–Trinajstić information content (AvgIpc) is 2.88. The van der Waals surface area contributed by atoms with Crippen molar-refractivity contribution in [1.82, 2.24) is 4.57 Å². The molecule has 1 atom stereocenters. The molecule has 0 saturated heterocycles. The first kappa shape index (κ1) is 16.0. The van der Waals surface area contributed by atoms with Gasteiger partial charge in [-0.05, 0) is 36.1 Å². The van der Waals surface area contributed by atoms with E-state index in [4.69, 9.17) is 4.42 Å². The van der Waals surface area contributed by atoms with Crippen molar-refractivity contribution in [2.75, 3.05) is 10.8 Å². The Balaban J connectivity index is 1.86. The summed E-state index contributed by atoms with van der Waals surface area (Å²) in [6.07, 6.45) is 0.856. The number of oxazole rings is 1. The van der Waals surface area contributed by atoms with E-state index in [0.29, 0.717) is 12.1 Å². The number of rotatable bonds is 2. The fraction of sp³-hybridized carbons (Fsp3) is 0.278. The van der Waals surface area contributed by atoms with Crippen LogP contribution in [0.5, 0.6) is 0 Å². The quantitative estimate of drug-likeness (QED) is 0.706. The standard InChI is InChI=1S/C18H18N2O4S/c1-12-9-13-5-3-4-6-15(13)20(11-12)25(22,23)14-7-8-16-17(10-14)24-18(21)19(16)2/h3-8,10,12H,9,11H2,1-2H3. The zero-order valence-corrected chi connectivity index (χ0v) is 14.8. The van der Waals surface area contributed by atoms with Crippen LogP contribution >= 0.6 is 0 Å². The van der Waals surface area contributed by atoms with E-state index in [0.717, 1.165) is 17.7 Å². The van der Waals surface area contributed by atoms with Crippen LogP contribution in [0.25, 0.3) is 11.1 Å². The number of sulfonamides is 1. The largest absolute Gasteiger partial charge is 0.419 e. The predicted molar refractivity (Wildman–Crippen MR) is 95.3 cm³/mol. The summed E-state index contributed by atoms with van der Waals surface area (Å²) < 4.78 is 34.4. The van der Waals surface area contributed by atoms with Crippen molar-refractivity contribution in [2.45, 2.75) is 18.2 Å². The van der Waals surface area contributed by atoms with Crippen LogP contribution in [0.1, 0.15) is 12.5 Å². The second kappa shape index (κ2) is 5.49. The van der Waals surface area contributed by atoms with Crippen LogP contribution in [0.3, 0.4) is 0 Å². The van der Waals surface area contributed by atoms with Gasteiger partial charge in [0.1, 0.15) is 0 Å². The molecule has 7 heteroatoms. The SMILES string of the molecule is CC1Cc2ccccc2N(S(=O)(=O)c2ccc3c(c2)oc(=O)n3C)C1. The van der Waals surface area contributed by atoms with Crippen molar-refractivity contribution in [3.05, 3.63) is 58.6 Å².